The molecule has 0 fully saturated rings. The second-order valence-corrected chi connectivity index (χ2v) is 6.44. The van der Waals surface area contributed by atoms with E-state index < -0.39 is 0 Å². The van der Waals surface area contributed by atoms with Crippen molar-refractivity contribution in [2.45, 2.75) is 46.2 Å². The number of rotatable bonds is 5. The van der Waals surface area contributed by atoms with E-state index in [0.717, 1.165) is 12.1 Å². The summed E-state index contributed by atoms with van der Waals surface area (Å²) in [4.78, 5) is 8.85. The molecule has 1 aromatic carbocycles. The fraction of sp³-hybridized carbons (Fsp3) is 0.471. The number of nitrogens with zero attached hydrogens (tertiary/aromatic N) is 3. The van der Waals surface area contributed by atoms with E-state index in [2.05, 4.69) is 25.8 Å². The highest BCUT2D eigenvalue weighted by molar-refractivity contribution is 14.0. The Morgan fingerprint density at radius 2 is 1.88 bits per heavy atom. The minimum Gasteiger partial charge on any atom is -0.357 e. The van der Waals surface area contributed by atoms with Crippen LogP contribution in [-0.2, 0) is 18.5 Å². The van der Waals surface area contributed by atoms with Gasteiger partial charge in [0.15, 0.2) is 11.8 Å². The summed E-state index contributed by atoms with van der Waals surface area (Å²) in [6.45, 7) is 9.64. The maximum Gasteiger partial charge on any atom is 0.232 e. The molecule has 0 atom stereocenters. The first-order chi connectivity index (χ1) is 11.4. The normalized spacial score (nSPS) is 11.8. The van der Waals surface area contributed by atoms with Crippen LogP contribution in [0, 0.1) is 5.82 Å². The molecular formula is C17H25FIN5O. The number of benzene rings is 1. The first-order valence-electron chi connectivity index (χ1n) is 7.98. The molecule has 1 aromatic heterocycles. The lowest BCUT2D eigenvalue weighted by molar-refractivity contribution is 0.318. The van der Waals surface area contributed by atoms with Crippen LogP contribution in [0.4, 0.5) is 4.39 Å². The standard InChI is InChI=1S/C17H24FN5O.HI/c1-5-19-16(20-10-12-6-8-13(18)9-7-12)21-11-14-22-15(24-23-14)17(2,3)4;/h6-9H,5,10-11H2,1-4H3,(H2,19,20,21);1H. The second-order valence-electron chi connectivity index (χ2n) is 6.44. The van der Waals surface area contributed by atoms with Gasteiger partial charge in [0.25, 0.3) is 0 Å². The van der Waals surface area contributed by atoms with Gasteiger partial charge in [0.1, 0.15) is 5.82 Å². The summed E-state index contributed by atoms with van der Waals surface area (Å²) in [5.41, 5.74) is 0.759. The molecule has 0 bridgehead atoms. The van der Waals surface area contributed by atoms with Gasteiger partial charge >= 0.3 is 0 Å². The first-order valence-corrected chi connectivity index (χ1v) is 7.98. The number of aromatic nitrogens is 2. The molecule has 2 aromatic rings. The van der Waals surface area contributed by atoms with E-state index in [9.17, 15) is 4.39 Å². The van der Waals surface area contributed by atoms with Gasteiger partial charge in [-0.15, -0.1) is 24.0 Å². The van der Waals surface area contributed by atoms with Crippen LogP contribution in [-0.4, -0.2) is 22.6 Å². The monoisotopic (exact) mass is 461 g/mol. The van der Waals surface area contributed by atoms with E-state index in [0.29, 0.717) is 30.8 Å². The molecule has 2 N–H and O–H groups in total. The predicted molar refractivity (Wildman–Crippen MR) is 106 cm³/mol. The lowest BCUT2D eigenvalue weighted by Gasteiger charge is -2.11. The van der Waals surface area contributed by atoms with Crippen LogP contribution in [0.25, 0.3) is 0 Å². The van der Waals surface area contributed by atoms with E-state index in [1.807, 2.05) is 27.7 Å². The molecule has 0 aliphatic rings. The van der Waals surface area contributed by atoms with Crippen molar-refractivity contribution in [1.82, 2.24) is 20.8 Å². The Balaban J connectivity index is 0.00000312. The number of hydrogen-bond donors (Lipinski definition) is 2. The van der Waals surface area contributed by atoms with Crippen LogP contribution >= 0.6 is 24.0 Å². The summed E-state index contributed by atoms with van der Waals surface area (Å²) in [7, 11) is 0. The van der Waals surface area contributed by atoms with E-state index in [1.54, 1.807) is 12.1 Å². The highest BCUT2D eigenvalue weighted by atomic mass is 127. The van der Waals surface area contributed by atoms with Crippen molar-refractivity contribution in [3.8, 4) is 0 Å². The molecule has 2 rings (SSSR count). The fourth-order valence-electron chi connectivity index (χ4n) is 1.90. The SMILES string of the molecule is CCNC(=NCc1ccc(F)cc1)NCc1noc(C(C)(C)C)n1.I. The van der Waals surface area contributed by atoms with E-state index in [1.165, 1.54) is 12.1 Å². The zero-order valence-corrected chi connectivity index (χ0v) is 17.3. The Hall–Kier alpha value is -1.71. The van der Waals surface area contributed by atoms with Gasteiger partial charge in [-0.1, -0.05) is 38.1 Å². The maximum atomic E-state index is 12.9. The zero-order valence-electron chi connectivity index (χ0n) is 15.0. The molecule has 6 nitrogen and oxygen atoms in total. The van der Waals surface area contributed by atoms with Gasteiger partial charge in [-0.05, 0) is 24.6 Å². The third kappa shape index (κ3) is 6.97. The average molecular weight is 461 g/mol. The van der Waals surface area contributed by atoms with Crippen molar-refractivity contribution in [3.05, 3.63) is 47.4 Å². The molecular weight excluding hydrogens is 436 g/mol. The number of guanidine groups is 1. The van der Waals surface area contributed by atoms with Gasteiger partial charge in [0.05, 0.1) is 13.1 Å². The van der Waals surface area contributed by atoms with Crippen molar-refractivity contribution < 1.29 is 8.91 Å². The van der Waals surface area contributed by atoms with Gasteiger partial charge in [-0.25, -0.2) is 9.38 Å². The lowest BCUT2D eigenvalue weighted by atomic mass is 9.97. The van der Waals surface area contributed by atoms with Gasteiger partial charge in [0, 0.05) is 12.0 Å². The number of hydrogen-bond acceptors (Lipinski definition) is 4. The Bertz CT molecular complexity index is 679. The largest absolute Gasteiger partial charge is 0.357 e. The quantitative estimate of drug-likeness (QED) is 0.406. The molecule has 0 saturated heterocycles. The predicted octanol–water partition coefficient (Wildman–Crippen LogP) is 3.38. The molecule has 0 aliphatic carbocycles. The van der Waals surface area contributed by atoms with Crippen molar-refractivity contribution in [2.24, 2.45) is 4.99 Å². The van der Waals surface area contributed by atoms with Gasteiger partial charge in [-0.3, -0.25) is 0 Å². The topological polar surface area (TPSA) is 75.3 Å². The van der Waals surface area contributed by atoms with Crippen molar-refractivity contribution in [3.63, 3.8) is 0 Å². The minimum atomic E-state index is -0.250. The molecule has 0 aliphatic heterocycles. The van der Waals surface area contributed by atoms with Gasteiger partial charge in [0.2, 0.25) is 5.89 Å². The summed E-state index contributed by atoms with van der Waals surface area (Å²) in [6.07, 6.45) is 0. The number of aliphatic imine (C=N–C) groups is 1. The summed E-state index contributed by atoms with van der Waals surface area (Å²) in [5, 5.41) is 10.3. The molecule has 8 heteroatoms. The summed E-state index contributed by atoms with van der Waals surface area (Å²) in [5.74, 6) is 1.57. The zero-order chi connectivity index (χ0) is 17.6. The van der Waals surface area contributed by atoms with Crippen LogP contribution in [0.5, 0.6) is 0 Å². The summed E-state index contributed by atoms with van der Waals surface area (Å²) < 4.78 is 18.2. The van der Waals surface area contributed by atoms with Crippen LogP contribution in [0.2, 0.25) is 0 Å². The minimum absolute atomic E-state index is 0. The van der Waals surface area contributed by atoms with Crippen LogP contribution in [0.1, 0.15) is 45.0 Å². The molecule has 138 valence electrons. The Morgan fingerprint density at radius 1 is 1.20 bits per heavy atom. The van der Waals surface area contributed by atoms with Crippen LogP contribution in [0.15, 0.2) is 33.8 Å². The Morgan fingerprint density at radius 3 is 2.44 bits per heavy atom. The third-order valence-electron chi connectivity index (χ3n) is 3.20. The molecule has 0 spiro atoms. The van der Waals surface area contributed by atoms with Crippen molar-refractivity contribution >= 4 is 29.9 Å². The van der Waals surface area contributed by atoms with E-state index in [-0.39, 0.29) is 35.2 Å². The van der Waals surface area contributed by atoms with Crippen molar-refractivity contribution in [2.75, 3.05) is 6.54 Å². The smallest absolute Gasteiger partial charge is 0.232 e. The lowest BCUT2D eigenvalue weighted by Crippen LogP contribution is -2.37. The third-order valence-corrected chi connectivity index (χ3v) is 3.20. The van der Waals surface area contributed by atoms with Crippen LogP contribution < -0.4 is 10.6 Å². The van der Waals surface area contributed by atoms with Gasteiger partial charge in [-0.2, -0.15) is 4.98 Å². The first kappa shape index (κ1) is 21.3. The molecule has 1 heterocycles. The number of nitrogens with one attached hydrogen (secondary N) is 2. The highest BCUT2D eigenvalue weighted by Crippen LogP contribution is 2.19. The van der Waals surface area contributed by atoms with E-state index >= 15 is 0 Å². The molecule has 0 amide bonds. The molecule has 25 heavy (non-hydrogen) atoms. The number of halogens is 2. The van der Waals surface area contributed by atoms with Crippen molar-refractivity contribution in [1.29, 1.82) is 0 Å². The summed E-state index contributed by atoms with van der Waals surface area (Å²) >= 11 is 0. The Labute approximate surface area is 164 Å². The van der Waals surface area contributed by atoms with Gasteiger partial charge < -0.3 is 15.2 Å². The molecule has 0 saturated carbocycles. The fourth-order valence-corrected chi connectivity index (χ4v) is 1.90. The summed E-state index contributed by atoms with van der Waals surface area (Å²) in [6, 6.07) is 6.30. The van der Waals surface area contributed by atoms with Crippen LogP contribution in [0.3, 0.4) is 0 Å². The average Bonchev–Trinajstić information content (AvgIpc) is 3.01. The molecule has 0 unspecified atom stereocenters. The van der Waals surface area contributed by atoms with E-state index in [4.69, 9.17) is 4.52 Å². The Kier molecular flexibility index (Phi) is 8.27. The highest BCUT2D eigenvalue weighted by Gasteiger charge is 2.21. The molecule has 0 radical (unpaired) electrons. The maximum absolute atomic E-state index is 12.9. The second kappa shape index (κ2) is 9.69.